The summed E-state index contributed by atoms with van der Waals surface area (Å²) in [5.41, 5.74) is -1.56. The number of amides is 3. The minimum atomic E-state index is -10.1. The summed E-state index contributed by atoms with van der Waals surface area (Å²) >= 11 is 0. The van der Waals surface area contributed by atoms with E-state index in [4.69, 9.17) is 0 Å². The monoisotopic (exact) mass is 583 g/mol. The van der Waals surface area contributed by atoms with Gasteiger partial charge in [0.1, 0.15) is 4.90 Å². The molecule has 0 radical (unpaired) electrons. The van der Waals surface area contributed by atoms with Gasteiger partial charge < -0.3 is 4.84 Å². The number of hydrogen-bond donors (Lipinski definition) is 0. The molecule has 2 aromatic carbocycles. The van der Waals surface area contributed by atoms with Crippen molar-refractivity contribution < 1.29 is 51.8 Å². The third-order valence-electron chi connectivity index (χ3n) is 6.05. The number of carbonyl (C=O) groups is 3. The van der Waals surface area contributed by atoms with E-state index in [0.29, 0.717) is 28.6 Å². The summed E-state index contributed by atoms with van der Waals surface area (Å²) < 4.78 is 105. The molecule has 39 heavy (non-hydrogen) atoms. The molecule has 1 unspecified atom stereocenters. The third-order valence-corrected chi connectivity index (χ3v) is 7.21. The highest BCUT2D eigenvalue weighted by molar-refractivity contribution is 8.45. The van der Waals surface area contributed by atoms with E-state index in [1.54, 1.807) is 24.3 Å². The van der Waals surface area contributed by atoms with Gasteiger partial charge in [0.05, 0.1) is 11.2 Å². The van der Waals surface area contributed by atoms with Crippen LogP contribution in [0.25, 0.3) is 10.9 Å². The largest absolute Gasteiger partial charge is 0.493 e. The standard InChI is InChI=1S/C23H17F8N3O4S/c1-22(2,16-11-12-32-17-6-4-3-5-15(16)17)18-19(35)33(21(37)34(18)38-20(36)23(24,25)26)13-7-9-14(10-8-13)39(27,28,29,30)31/h3-12,18H,1-2H3. The predicted octanol–water partition coefficient (Wildman–Crippen LogP) is 7.03. The van der Waals surface area contributed by atoms with Crippen LogP contribution in [0.3, 0.4) is 0 Å². The Bertz CT molecular complexity index is 1500. The van der Waals surface area contributed by atoms with E-state index < -0.39 is 56.3 Å². The van der Waals surface area contributed by atoms with Crippen LogP contribution in [-0.2, 0) is 19.8 Å². The summed E-state index contributed by atoms with van der Waals surface area (Å²) in [6.45, 7) is 2.72. The quantitative estimate of drug-likeness (QED) is 0.238. The molecule has 0 bridgehead atoms. The second kappa shape index (κ2) is 8.03. The zero-order chi connectivity index (χ0) is 29.2. The molecule has 1 saturated heterocycles. The Morgan fingerprint density at radius 3 is 2.08 bits per heavy atom. The van der Waals surface area contributed by atoms with Gasteiger partial charge in [0, 0.05) is 17.0 Å². The molecule has 7 nitrogen and oxygen atoms in total. The van der Waals surface area contributed by atoms with Gasteiger partial charge in [-0.15, -0.1) is 5.06 Å². The van der Waals surface area contributed by atoms with Crippen molar-refractivity contribution in [3.8, 4) is 0 Å². The number of alkyl halides is 3. The number of nitrogens with zero attached hydrogens (tertiary/aromatic N) is 3. The highest BCUT2D eigenvalue weighted by Gasteiger charge is 2.65. The van der Waals surface area contributed by atoms with Crippen LogP contribution in [0.2, 0.25) is 0 Å². The van der Waals surface area contributed by atoms with Crippen LogP contribution < -0.4 is 4.90 Å². The van der Waals surface area contributed by atoms with Crippen LogP contribution in [0, 0.1) is 0 Å². The van der Waals surface area contributed by atoms with Crippen LogP contribution in [0.1, 0.15) is 19.4 Å². The Morgan fingerprint density at radius 2 is 1.51 bits per heavy atom. The molecule has 16 heteroatoms. The van der Waals surface area contributed by atoms with Crippen LogP contribution in [0.15, 0.2) is 65.7 Å². The van der Waals surface area contributed by atoms with Crippen molar-refractivity contribution in [2.75, 3.05) is 4.90 Å². The first-order valence-corrected chi connectivity index (χ1v) is 12.7. The number of halogens is 8. The summed E-state index contributed by atoms with van der Waals surface area (Å²) in [4.78, 5) is 44.6. The summed E-state index contributed by atoms with van der Waals surface area (Å²) in [5.74, 6) is -4.14. The van der Waals surface area contributed by atoms with Gasteiger partial charge in [0.25, 0.3) is 5.91 Å². The van der Waals surface area contributed by atoms with Crippen molar-refractivity contribution >= 4 is 44.7 Å². The van der Waals surface area contributed by atoms with Crippen molar-refractivity contribution in [2.45, 2.75) is 36.4 Å². The van der Waals surface area contributed by atoms with E-state index in [1.165, 1.54) is 26.1 Å². The topological polar surface area (TPSA) is 79.8 Å². The summed E-state index contributed by atoms with van der Waals surface area (Å²) in [7, 11) is -10.1. The number of fused-ring (bicyclic) bond motifs is 1. The molecule has 1 atom stereocenters. The average Bonchev–Trinajstić information content (AvgIpc) is 3.06. The first kappa shape index (κ1) is 28.1. The summed E-state index contributed by atoms with van der Waals surface area (Å²) in [6.07, 6.45) is -4.25. The van der Waals surface area contributed by atoms with E-state index in [9.17, 15) is 47.0 Å². The SMILES string of the molecule is CC(C)(c1ccnc2ccccc12)C1C(=O)N(c2ccc(S(F)(F)(F)(F)F)cc2)C(=O)N1OC(=O)C(F)(F)F. The Balaban J connectivity index is 1.84. The Kier molecular flexibility index (Phi) is 5.78. The van der Waals surface area contributed by atoms with E-state index >= 15 is 0 Å². The lowest BCUT2D eigenvalue weighted by molar-refractivity contribution is -0.232. The van der Waals surface area contributed by atoms with Crippen LogP contribution in [0.4, 0.5) is 43.1 Å². The van der Waals surface area contributed by atoms with E-state index in [0.717, 1.165) is 0 Å². The van der Waals surface area contributed by atoms with E-state index in [-0.39, 0.29) is 22.1 Å². The molecule has 210 valence electrons. The number of hydroxylamine groups is 2. The molecule has 3 aromatic rings. The highest BCUT2D eigenvalue weighted by Crippen LogP contribution is 3.02. The first-order chi connectivity index (χ1) is 17.6. The molecular weight excluding hydrogens is 566 g/mol. The smallest absolute Gasteiger partial charge is 0.327 e. The fourth-order valence-corrected chi connectivity index (χ4v) is 4.91. The molecule has 0 spiro atoms. The molecular formula is C23H17F8N3O4S. The first-order valence-electron chi connectivity index (χ1n) is 10.8. The second-order valence-electron chi connectivity index (χ2n) is 9.12. The predicted molar refractivity (Wildman–Crippen MR) is 123 cm³/mol. The number of rotatable bonds is 5. The Labute approximate surface area is 214 Å². The molecule has 1 aliphatic heterocycles. The lowest BCUT2D eigenvalue weighted by Gasteiger charge is -2.40. The summed E-state index contributed by atoms with van der Waals surface area (Å²) in [6, 6.07) is 4.87. The van der Waals surface area contributed by atoms with E-state index in [2.05, 4.69) is 9.82 Å². The molecule has 3 amide bonds. The number of imide groups is 1. The number of carbonyl (C=O) groups excluding carboxylic acids is 3. The fourth-order valence-electron chi connectivity index (χ4n) is 4.26. The van der Waals surface area contributed by atoms with E-state index in [1.807, 2.05) is 0 Å². The maximum Gasteiger partial charge on any atom is 0.493 e. The number of hydrogen-bond acceptors (Lipinski definition) is 5. The molecule has 0 N–H and O–H groups in total. The van der Waals surface area contributed by atoms with Crippen LogP contribution in [0.5, 0.6) is 0 Å². The van der Waals surface area contributed by atoms with Gasteiger partial charge in [-0.2, -0.15) is 13.2 Å². The second-order valence-corrected chi connectivity index (χ2v) is 11.5. The van der Waals surface area contributed by atoms with Gasteiger partial charge >= 0.3 is 28.4 Å². The fraction of sp³-hybridized carbons (Fsp3) is 0.217. The number of urea groups is 1. The summed E-state index contributed by atoms with van der Waals surface area (Å²) in [5, 5.41) is 0.317. The minimum Gasteiger partial charge on any atom is -0.327 e. The van der Waals surface area contributed by atoms with Gasteiger partial charge in [-0.3, -0.25) is 9.78 Å². The number of pyridine rings is 1. The highest BCUT2D eigenvalue weighted by atomic mass is 32.5. The van der Waals surface area contributed by atoms with Gasteiger partial charge in [-0.25, -0.2) is 14.5 Å². The zero-order valence-corrected chi connectivity index (χ0v) is 20.6. The van der Waals surface area contributed by atoms with Crippen molar-refractivity contribution in [1.29, 1.82) is 0 Å². The molecule has 4 rings (SSSR count). The molecule has 1 aromatic heterocycles. The lowest BCUT2D eigenvalue weighted by Crippen LogP contribution is -2.50. The van der Waals surface area contributed by atoms with Crippen molar-refractivity contribution in [1.82, 2.24) is 10.0 Å². The molecule has 1 aliphatic rings. The Morgan fingerprint density at radius 1 is 0.923 bits per heavy atom. The minimum absolute atomic E-state index is 0.0711. The van der Waals surface area contributed by atoms with Crippen LogP contribution >= 0.6 is 10.2 Å². The van der Waals surface area contributed by atoms with Crippen molar-refractivity contribution in [3.05, 3.63) is 66.4 Å². The van der Waals surface area contributed by atoms with Gasteiger partial charge in [-0.05, 0) is 42.0 Å². The third kappa shape index (κ3) is 5.07. The number of aromatic nitrogens is 1. The molecule has 2 heterocycles. The average molecular weight is 583 g/mol. The molecule has 0 aliphatic carbocycles. The van der Waals surface area contributed by atoms with Gasteiger partial charge in [0.2, 0.25) is 0 Å². The number of anilines is 1. The van der Waals surface area contributed by atoms with Crippen molar-refractivity contribution in [3.63, 3.8) is 0 Å². The van der Waals surface area contributed by atoms with Gasteiger partial charge in [-0.1, -0.05) is 51.5 Å². The maximum atomic E-state index is 13.5. The van der Waals surface area contributed by atoms with Crippen LogP contribution in [-0.4, -0.2) is 40.2 Å². The maximum absolute atomic E-state index is 13.5. The van der Waals surface area contributed by atoms with Gasteiger partial charge in [0.15, 0.2) is 6.04 Å². The molecule has 0 saturated carbocycles. The van der Waals surface area contributed by atoms with Crippen molar-refractivity contribution in [2.24, 2.45) is 0 Å². The number of benzene rings is 2. The Hall–Kier alpha value is -3.95. The normalized spacial score (nSPS) is 18.8. The lowest BCUT2D eigenvalue weighted by atomic mass is 9.76. The zero-order valence-electron chi connectivity index (χ0n) is 19.8. The molecule has 1 fully saturated rings. The number of para-hydroxylation sites is 1.